The Balaban J connectivity index is 2.07. The van der Waals surface area contributed by atoms with Crippen LogP contribution in [0, 0.1) is 17.7 Å². The Bertz CT molecular complexity index is 359. The van der Waals surface area contributed by atoms with E-state index in [1.54, 1.807) is 0 Å². The summed E-state index contributed by atoms with van der Waals surface area (Å²) >= 11 is 3.40. The molecule has 1 aliphatic heterocycles. The zero-order chi connectivity index (χ0) is 11.0. The standard InChI is InChI=1S/C12H15BrFN/c1-8(2)9-6-15(7-9)12-4-3-10(14)5-11(12)13/h3-5,8-9H,6-7H2,1-2H3. The minimum absolute atomic E-state index is 0.188. The number of benzene rings is 1. The first-order chi connectivity index (χ1) is 7.08. The summed E-state index contributed by atoms with van der Waals surface area (Å²) in [6.07, 6.45) is 0. The molecule has 0 aromatic heterocycles. The van der Waals surface area contributed by atoms with Crippen molar-refractivity contribution in [1.29, 1.82) is 0 Å². The molecule has 1 saturated heterocycles. The van der Waals surface area contributed by atoms with E-state index in [9.17, 15) is 4.39 Å². The van der Waals surface area contributed by atoms with Crippen molar-refractivity contribution in [1.82, 2.24) is 0 Å². The molecule has 1 nitrogen and oxygen atoms in total. The number of nitrogens with zero attached hydrogens (tertiary/aromatic N) is 1. The molecule has 0 radical (unpaired) electrons. The fraction of sp³-hybridized carbons (Fsp3) is 0.500. The Hall–Kier alpha value is -0.570. The van der Waals surface area contributed by atoms with Crippen LogP contribution in [-0.4, -0.2) is 13.1 Å². The minimum Gasteiger partial charge on any atom is -0.370 e. The second kappa shape index (κ2) is 4.12. The maximum Gasteiger partial charge on any atom is 0.124 e. The van der Waals surface area contributed by atoms with Crippen molar-refractivity contribution in [3.63, 3.8) is 0 Å². The van der Waals surface area contributed by atoms with E-state index in [4.69, 9.17) is 0 Å². The van der Waals surface area contributed by atoms with E-state index >= 15 is 0 Å². The Morgan fingerprint density at radius 3 is 2.60 bits per heavy atom. The third-order valence-corrected chi connectivity index (χ3v) is 3.74. The molecule has 0 amide bonds. The SMILES string of the molecule is CC(C)C1CN(c2ccc(F)cc2Br)C1. The van der Waals surface area contributed by atoms with Gasteiger partial charge >= 0.3 is 0 Å². The molecule has 1 aromatic carbocycles. The molecule has 0 spiro atoms. The lowest BCUT2D eigenvalue weighted by molar-refractivity contribution is 0.309. The van der Waals surface area contributed by atoms with Crippen LogP contribution < -0.4 is 4.90 Å². The summed E-state index contributed by atoms with van der Waals surface area (Å²) in [5.74, 6) is 1.33. The Labute approximate surface area is 98.4 Å². The van der Waals surface area contributed by atoms with Gasteiger partial charge in [-0.1, -0.05) is 13.8 Å². The summed E-state index contributed by atoms with van der Waals surface area (Å²) in [7, 11) is 0. The van der Waals surface area contributed by atoms with Crippen molar-refractivity contribution in [3.8, 4) is 0 Å². The first-order valence-electron chi connectivity index (χ1n) is 5.28. The van der Waals surface area contributed by atoms with E-state index < -0.39 is 0 Å². The smallest absolute Gasteiger partial charge is 0.124 e. The number of rotatable bonds is 2. The van der Waals surface area contributed by atoms with Gasteiger partial charge in [-0.05, 0) is 46.0 Å². The van der Waals surface area contributed by atoms with Crippen LogP contribution in [0.3, 0.4) is 0 Å². The highest BCUT2D eigenvalue weighted by Gasteiger charge is 2.29. The van der Waals surface area contributed by atoms with Gasteiger partial charge in [0.1, 0.15) is 5.82 Å². The molecular formula is C12H15BrFN. The number of hydrogen-bond acceptors (Lipinski definition) is 1. The van der Waals surface area contributed by atoms with Crippen LogP contribution in [-0.2, 0) is 0 Å². The maximum atomic E-state index is 12.9. The van der Waals surface area contributed by atoms with Crippen LogP contribution in [0.2, 0.25) is 0 Å². The van der Waals surface area contributed by atoms with E-state index in [0.717, 1.165) is 35.1 Å². The summed E-state index contributed by atoms with van der Waals surface area (Å²) in [6, 6.07) is 4.89. The Morgan fingerprint density at radius 2 is 2.07 bits per heavy atom. The highest BCUT2D eigenvalue weighted by molar-refractivity contribution is 9.10. The Kier molecular flexibility index (Phi) is 3.01. The second-order valence-corrected chi connectivity index (χ2v) is 5.36. The van der Waals surface area contributed by atoms with E-state index in [1.165, 1.54) is 12.1 Å². The number of halogens is 2. The first kappa shape index (κ1) is 10.9. The molecule has 1 aliphatic rings. The summed E-state index contributed by atoms with van der Waals surface area (Å²) in [5, 5.41) is 0. The zero-order valence-electron chi connectivity index (χ0n) is 9.00. The largest absolute Gasteiger partial charge is 0.370 e. The quantitative estimate of drug-likeness (QED) is 0.793. The predicted octanol–water partition coefficient (Wildman–Crippen LogP) is 3.68. The summed E-state index contributed by atoms with van der Waals surface area (Å²) in [4.78, 5) is 2.29. The van der Waals surface area contributed by atoms with Crippen LogP contribution in [0.4, 0.5) is 10.1 Å². The first-order valence-corrected chi connectivity index (χ1v) is 6.07. The van der Waals surface area contributed by atoms with E-state index in [-0.39, 0.29) is 5.82 Å². The lowest BCUT2D eigenvalue weighted by Gasteiger charge is -2.43. The zero-order valence-corrected chi connectivity index (χ0v) is 10.6. The molecule has 3 heteroatoms. The third kappa shape index (κ3) is 2.17. The summed E-state index contributed by atoms with van der Waals surface area (Å²) in [6.45, 7) is 6.67. The topological polar surface area (TPSA) is 3.24 Å². The molecule has 0 bridgehead atoms. The lowest BCUT2D eigenvalue weighted by atomic mass is 9.88. The van der Waals surface area contributed by atoms with Gasteiger partial charge in [-0.15, -0.1) is 0 Å². The van der Waals surface area contributed by atoms with Gasteiger partial charge in [0.15, 0.2) is 0 Å². The van der Waals surface area contributed by atoms with Gasteiger partial charge in [0.25, 0.3) is 0 Å². The van der Waals surface area contributed by atoms with Crippen molar-refractivity contribution in [2.45, 2.75) is 13.8 Å². The molecule has 1 aromatic rings. The molecule has 2 rings (SSSR count). The average Bonchev–Trinajstić information content (AvgIpc) is 2.05. The third-order valence-electron chi connectivity index (χ3n) is 3.10. The number of hydrogen-bond donors (Lipinski definition) is 0. The molecule has 0 aliphatic carbocycles. The molecule has 0 saturated carbocycles. The van der Waals surface area contributed by atoms with E-state index in [0.29, 0.717) is 0 Å². The van der Waals surface area contributed by atoms with Crippen molar-refractivity contribution in [3.05, 3.63) is 28.5 Å². The molecular weight excluding hydrogens is 257 g/mol. The van der Waals surface area contributed by atoms with Gasteiger partial charge in [0, 0.05) is 17.6 Å². The van der Waals surface area contributed by atoms with Gasteiger partial charge in [0.2, 0.25) is 0 Å². The van der Waals surface area contributed by atoms with Crippen LogP contribution in [0.1, 0.15) is 13.8 Å². The van der Waals surface area contributed by atoms with Gasteiger partial charge in [-0.25, -0.2) is 4.39 Å². The van der Waals surface area contributed by atoms with Crippen molar-refractivity contribution < 1.29 is 4.39 Å². The van der Waals surface area contributed by atoms with Gasteiger partial charge in [-0.2, -0.15) is 0 Å². The molecule has 0 unspecified atom stereocenters. The molecule has 82 valence electrons. The van der Waals surface area contributed by atoms with E-state index in [2.05, 4.69) is 34.7 Å². The molecule has 1 fully saturated rings. The lowest BCUT2D eigenvalue weighted by Crippen LogP contribution is -2.49. The van der Waals surface area contributed by atoms with Gasteiger partial charge in [0.05, 0.1) is 5.69 Å². The summed E-state index contributed by atoms with van der Waals surface area (Å²) < 4.78 is 13.7. The highest BCUT2D eigenvalue weighted by Crippen LogP contribution is 2.34. The van der Waals surface area contributed by atoms with Crippen LogP contribution in [0.15, 0.2) is 22.7 Å². The molecule has 0 atom stereocenters. The fourth-order valence-corrected chi connectivity index (χ4v) is 2.47. The minimum atomic E-state index is -0.188. The van der Waals surface area contributed by atoms with Crippen molar-refractivity contribution >= 4 is 21.6 Å². The van der Waals surface area contributed by atoms with Gasteiger partial charge < -0.3 is 4.90 Å². The predicted molar refractivity (Wildman–Crippen MR) is 64.6 cm³/mol. The van der Waals surface area contributed by atoms with E-state index in [1.807, 2.05) is 6.07 Å². The molecule has 1 heterocycles. The second-order valence-electron chi connectivity index (χ2n) is 4.50. The Morgan fingerprint density at radius 1 is 1.40 bits per heavy atom. The fourth-order valence-electron chi connectivity index (χ4n) is 1.87. The normalized spacial score (nSPS) is 17.0. The maximum absolute atomic E-state index is 12.9. The molecule has 15 heavy (non-hydrogen) atoms. The van der Waals surface area contributed by atoms with Crippen molar-refractivity contribution in [2.24, 2.45) is 11.8 Å². The summed E-state index contributed by atoms with van der Waals surface area (Å²) in [5.41, 5.74) is 1.10. The molecule has 0 N–H and O–H groups in total. The van der Waals surface area contributed by atoms with Crippen LogP contribution in [0.25, 0.3) is 0 Å². The van der Waals surface area contributed by atoms with Crippen LogP contribution >= 0.6 is 15.9 Å². The van der Waals surface area contributed by atoms with Crippen LogP contribution in [0.5, 0.6) is 0 Å². The highest BCUT2D eigenvalue weighted by atomic mass is 79.9. The number of anilines is 1. The monoisotopic (exact) mass is 271 g/mol. The van der Waals surface area contributed by atoms with Crippen molar-refractivity contribution in [2.75, 3.05) is 18.0 Å². The average molecular weight is 272 g/mol. The van der Waals surface area contributed by atoms with Gasteiger partial charge in [-0.3, -0.25) is 0 Å².